The molecule has 0 saturated carbocycles. The molecule has 4 aromatic heterocycles. The number of benzene rings is 2. The minimum Gasteiger partial charge on any atom is -0.741 e. The average Bonchev–Trinajstić information content (AvgIpc) is 3.71. The summed E-state index contributed by atoms with van der Waals surface area (Å²) in [5.41, 5.74) is -3.49. The van der Waals surface area contributed by atoms with Crippen molar-refractivity contribution < 1.29 is 66.2 Å². The van der Waals surface area contributed by atoms with Gasteiger partial charge in [-0.1, -0.05) is 36.4 Å². The SMILES string of the molecule is CC(=O)c1ccc(/C=C/c2cc[n+](C)c3ccccc23)n1C.Cn1cccc1/C=C/c1cc[n+](C)c2ccccc12.O=S(=O)([O-])C(F)(F)F.O=S(=O)([O-])C(F)(F)F. The summed E-state index contributed by atoms with van der Waals surface area (Å²) in [7, 11) is -4.08. The fourth-order valence-corrected chi connectivity index (χ4v) is 5.11. The van der Waals surface area contributed by atoms with Crippen LogP contribution in [0.15, 0.2) is 104 Å². The van der Waals surface area contributed by atoms with Crippen LogP contribution in [0.3, 0.4) is 0 Å². The number of aryl methyl sites for hydroxylation is 3. The van der Waals surface area contributed by atoms with E-state index in [0.717, 1.165) is 11.4 Å². The Morgan fingerprint density at radius 3 is 1.37 bits per heavy atom. The lowest BCUT2D eigenvalue weighted by Crippen LogP contribution is -2.28. The van der Waals surface area contributed by atoms with Crippen LogP contribution in [0.4, 0.5) is 26.3 Å². The molecule has 0 unspecified atom stereocenters. The number of para-hydroxylation sites is 2. The summed E-state index contributed by atoms with van der Waals surface area (Å²) in [6, 6.07) is 29.1. The standard InChI is InChI=1S/C19H19N2O.C17H17N2.2CHF3O3S/c1-14(22)18-11-10-16(21(18)3)9-8-15-12-13-20(2)19-7-5-4-6-17(15)19;1-18-12-5-6-15(18)10-9-14-11-13-19(2)17-8-4-3-7-16(14)17;2*2-1(3,4)8(5,6)7/h4-13H,1-3H3;3-13H,1-2H3;2*(H,5,6,7)/q2*+1;;/p-2. The maximum atomic E-state index is 11.5. The van der Waals surface area contributed by atoms with Crippen LogP contribution in [0, 0.1) is 0 Å². The van der Waals surface area contributed by atoms with Crippen LogP contribution in [0.2, 0.25) is 0 Å². The van der Waals surface area contributed by atoms with E-state index < -0.39 is 31.3 Å². The molecule has 6 rings (SSSR count). The fourth-order valence-electron chi connectivity index (χ4n) is 5.11. The third kappa shape index (κ3) is 12.4. The monoisotopic (exact) mass is 838 g/mol. The second kappa shape index (κ2) is 18.5. The zero-order chi connectivity index (χ0) is 42.9. The number of carbonyl (C=O) groups is 1. The van der Waals surface area contributed by atoms with Gasteiger partial charge in [-0.25, -0.2) is 26.0 Å². The van der Waals surface area contributed by atoms with Gasteiger partial charge in [-0.2, -0.15) is 26.3 Å². The van der Waals surface area contributed by atoms with Crippen LogP contribution in [0.5, 0.6) is 0 Å². The molecule has 0 spiro atoms. The highest BCUT2D eigenvalue weighted by atomic mass is 32.2. The van der Waals surface area contributed by atoms with E-state index in [1.165, 1.54) is 38.6 Å². The lowest BCUT2D eigenvalue weighted by atomic mass is 10.1. The Morgan fingerprint density at radius 2 is 1.02 bits per heavy atom. The zero-order valence-corrected chi connectivity index (χ0v) is 32.5. The first-order valence-corrected chi connectivity index (χ1v) is 19.1. The molecule has 0 atom stereocenters. The highest BCUT2D eigenvalue weighted by Gasteiger charge is 2.37. The topological polar surface area (TPSA) is 149 Å². The maximum absolute atomic E-state index is 11.5. The van der Waals surface area contributed by atoms with Crippen molar-refractivity contribution in [3.8, 4) is 0 Å². The second-order valence-electron chi connectivity index (χ2n) is 12.1. The Morgan fingerprint density at radius 1 is 0.614 bits per heavy atom. The molecule has 304 valence electrons. The number of aromatic nitrogens is 4. The molecule has 0 saturated heterocycles. The largest absolute Gasteiger partial charge is 0.741 e. The molecule has 0 radical (unpaired) electrons. The molecule has 0 bridgehead atoms. The van der Waals surface area contributed by atoms with Gasteiger partial charge < -0.3 is 18.2 Å². The van der Waals surface area contributed by atoms with Crippen molar-refractivity contribution in [2.75, 3.05) is 0 Å². The highest BCUT2D eigenvalue weighted by Crippen LogP contribution is 2.22. The first kappa shape index (κ1) is 45.8. The molecule has 4 heterocycles. The summed E-state index contributed by atoms with van der Waals surface area (Å²) in [4.78, 5) is 11.5. The van der Waals surface area contributed by atoms with Crippen LogP contribution in [-0.4, -0.2) is 51.9 Å². The summed E-state index contributed by atoms with van der Waals surface area (Å²) in [6.45, 7) is 1.59. The lowest BCUT2D eigenvalue weighted by molar-refractivity contribution is -0.645. The van der Waals surface area contributed by atoms with Crippen molar-refractivity contribution in [1.82, 2.24) is 9.13 Å². The van der Waals surface area contributed by atoms with Crippen LogP contribution in [0.1, 0.15) is 39.9 Å². The number of halogens is 6. The smallest absolute Gasteiger partial charge is 0.485 e. The van der Waals surface area contributed by atoms with Gasteiger partial charge in [-0.15, -0.1) is 0 Å². The van der Waals surface area contributed by atoms with E-state index in [1.54, 1.807) is 6.92 Å². The fraction of sp³-hybridized carbons (Fsp3) is 0.184. The van der Waals surface area contributed by atoms with Crippen LogP contribution < -0.4 is 9.13 Å². The molecule has 0 aliphatic heterocycles. The number of pyridine rings is 2. The predicted octanol–water partition coefficient (Wildman–Crippen LogP) is 6.65. The van der Waals surface area contributed by atoms with Gasteiger partial charge in [0.05, 0.1) is 16.5 Å². The molecule has 0 aliphatic carbocycles. The maximum Gasteiger partial charge on any atom is 0.485 e. The minimum absolute atomic E-state index is 0.0827. The van der Waals surface area contributed by atoms with Gasteiger partial charge in [-0.05, 0) is 59.7 Å². The van der Waals surface area contributed by atoms with Gasteiger partial charge in [-0.3, -0.25) is 4.79 Å². The Labute approximate surface area is 324 Å². The van der Waals surface area contributed by atoms with Crippen LogP contribution >= 0.6 is 0 Å². The van der Waals surface area contributed by atoms with E-state index in [4.69, 9.17) is 25.9 Å². The van der Waals surface area contributed by atoms with Crippen molar-refractivity contribution >= 4 is 72.1 Å². The zero-order valence-electron chi connectivity index (χ0n) is 30.9. The number of hydrogen-bond donors (Lipinski definition) is 0. The van der Waals surface area contributed by atoms with Crippen molar-refractivity contribution in [3.05, 3.63) is 132 Å². The van der Waals surface area contributed by atoms with E-state index in [1.807, 2.05) is 42.9 Å². The van der Waals surface area contributed by atoms with Gasteiger partial charge in [0, 0.05) is 62.9 Å². The minimum atomic E-state index is -6.09. The Balaban J connectivity index is 0.000000225. The molecule has 11 nitrogen and oxygen atoms in total. The van der Waals surface area contributed by atoms with E-state index >= 15 is 0 Å². The summed E-state index contributed by atoms with van der Waals surface area (Å²) in [6.07, 6.45) is 14.7. The second-order valence-corrected chi connectivity index (χ2v) is 14.8. The van der Waals surface area contributed by atoms with Crippen molar-refractivity contribution in [2.45, 2.75) is 17.9 Å². The molecule has 2 aromatic carbocycles. The summed E-state index contributed by atoms with van der Waals surface area (Å²) in [5.74, 6) is 0.0827. The highest BCUT2D eigenvalue weighted by molar-refractivity contribution is 7.86. The Kier molecular flexibility index (Phi) is 14.9. The molecule has 57 heavy (non-hydrogen) atoms. The molecule has 19 heteroatoms. The lowest BCUT2D eigenvalue weighted by Gasteiger charge is -2.08. The third-order valence-corrected chi connectivity index (χ3v) is 9.22. The molecular weight excluding hydrogens is 803 g/mol. The number of rotatable bonds is 5. The van der Waals surface area contributed by atoms with Gasteiger partial charge in [0.25, 0.3) is 0 Å². The van der Waals surface area contributed by atoms with E-state index in [2.05, 4.69) is 131 Å². The van der Waals surface area contributed by atoms with Crippen molar-refractivity contribution in [2.24, 2.45) is 28.2 Å². The van der Waals surface area contributed by atoms with Crippen LogP contribution in [0.25, 0.3) is 46.1 Å². The van der Waals surface area contributed by atoms with Gasteiger partial charge in [0.1, 0.15) is 14.1 Å². The average molecular weight is 839 g/mol. The van der Waals surface area contributed by atoms with Gasteiger partial charge in [0.2, 0.25) is 11.0 Å². The number of fused-ring (bicyclic) bond motifs is 2. The molecule has 6 aromatic rings. The molecule has 0 amide bonds. The Hall–Kier alpha value is -5.63. The van der Waals surface area contributed by atoms with Crippen molar-refractivity contribution in [1.29, 1.82) is 0 Å². The van der Waals surface area contributed by atoms with E-state index in [9.17, 15) is 31.1 Å². The molecular formula is C38H36F6N4O7S2. The summed E-state index contributed by atoms with van der Waals surface area (Å²) in [5, 5.41) is 2.49. The van der Waals surface area contributed by atoms with E-state index in [0.29, 0.717) is 0 Å². The summed E-state index contributed by atoms with van der Waals surface area (Å²) >= 11 is 0. The number of alkyl halides is 6. The first-order valence-electron chi connectivity index (χ1n) is 16.3. The summed E-state index contributed by atoms with van der Waals surface area (Å²) < 4.78 is 126. The normalized spacial score (nSPS) is 12.2. The number of carbonyl (C=O) groups excluding carboxylic acids is 1. The van der Waals surface area contributed by atoms with Crippen molar-refractivity contribution in [3.63, 3.8) is 0 Å². The van der Waals surface area contributed by atoms with Gasteiger partial charge >= 0.3 is 11.0 Å². The van der Waals surface area contributed by atoms with Gasteiger partial charge in [0.15, 0.2) is 38.4 Å². The van der Waals surface area contributed by atoms with E-state index in [-0.39, 0.29) is 5.78 Å². The number of hydrogen-bond acceptors (Lipinski definition) is 7. The molecule has 0 aliphatic rings. The Bertz CT molecular complexity index is 2610. The quantitative estimate of drug-likeness (QED) is 0.0621. The number of nitrogens with zero attached hydrogens (tertiary/aromatic N) is 4. The van der Waals surface area contributed by atoms with Crippen LogP contribution in [-0.2, 0) is 48.4 Å². The number of Topliss-reactive ketones (excluding diaryl/α,β-unsaturated/α-hetero) is 1. The third-order valence-electron chi connectivity index (χ3n) is 8.08. The molecule has 0 fully saturated rings. The number of ketones is 1. The first-order chi connectivity index (χ1) is 26.3. The predicted molar refractivity (Wildman–Crippen MR) is 200 cm³/mol. The molecule has 0 N–H and O–H groups in total.